The van der Waals surface area contributed by atoms with Crippen molar-refractivity contribution >= 4 is 248 Å². The van der Waals surface area contributed by atoms with Crippen molar-refractivity contribution in [2.75, 3.05) is 38.5 Å². The number of furan rings is 3. The zero-order valence-electron chi connectivity index (χ0n) is 66.5. The molecule has 0 saturated carbocycles. The summed E-state index contributed by atoms with van der Waals surface area (Å²) in [6.45, 7) is 0.0279. The second-order valence-electron chi connectivity index (χ2n) is 32.0. The predicted molar refractivity (Wildman–Crippen MR) is 524 cm³/mol. The van der Waals surface area contributed by atoms with Gasteiger partial charge in [-0.05, 0) is 214 Å². The normalized spacial score (nSPS) is 13.9. The van der Waals surface area contributed by atoms with Gasteiger partial charge in [0, 0.05) is 104 Å². The number of anilines is 16. The second-order valence-corrected chi connectivity index (χ2v) is 36.0. The van der Waals surface area contributed by atoms with Gasteiger partial charge in [-0.3, -0.25) is 15.0 Å². The van der Waals surface area contributed by atoms with Crippen LogP contribution in [0.3, 0.4) is 0 Å². The summed E-state index contributed by atoms with van der Waals surface area (Å²) in [6.07, 6.45) is 9.13. The molecule has 8 aliphatic heterocycles. The Labute approximate surface area is 735 Å². The summed E-state index contributed by atoms with van der Waals surface area (Å²) in [5.74, 6) is 1.68. The van der Waals surface area contributed by atoms with Crippen LogP contribution in [0.2, 0.25) is 0 Å². The Kier molecular flexibility index (Phi) is 15.7. The van der Waals surface area contributed by atoms with E-state index in [1.807, 2.05) is 89.0 Å². The van der Waals surface area contributed by atoms with Crippen molar-refractivity contribution < 1.29 is 13.3 Å². The van der Waals surface area contributed by atoms with Crippen LogP contribution < -0.4 is 60.3 Å². The predicted octanol–water partition coefficient (Wildman–Crippen LogP) is 25.5. The molecule has 0 saturated heterocycles. The average molecular weight is 1670 g/mol. The summed E-state index contributed by atoms with van der Waals surface area (Å²) in [7, 11) is 0. The quantitative estimate of drug-likeness (QED) is 0.156. The van der Waals surface area contributed by atoms with E-state index in [0.29, 0.717) is 0 Å². The summed E-state index contributed by atoms with van der Waals surface area (Å²) in [6, 6.07) is 121. The third-order valence-electron chi connectivity index (χ3n) is 25.6. The fraction of sp³-hybridized carbons (Fsp3) is 0. The Bertz CT molecular complexity index is 7560. The minimum atomic E-state index is -0.0969. The van der Waals surface area contributed by atoms with E-state index in [0.717, 1.165) is 95.8 Å². The van der Waals surface area contributed by atoms with Crippen molar-refractivity contribution in [3.63, 3.8) is 0 Å². The number of fused-ring (bicyclic) bond motifs is 41. The van der Waals surface area contributed by atoms with Crippen molar-refractivity contribution in [1.82, 2.24) is 15.0 Å². The van der Waals surface area contributed by atoms with Gasteiger partial charge in [0.15, 0.2) is 11.8 Å². The maximum atomic E-state index is 6.08. The van der Waals surface area contributed by atoms with E-state index in [1.54, 1.807) is 23.9 Å². The van der Waals surface area contributed by atoms with Crippen LogP contribution in [0.5, 0.6) is 0 Å². The molecule has 10 aromatic heterocycles. The molecule has 12 aromatic carbocycles. The number of aromatic nitrogens is 3. The summed E-state index contributed by atoms with van der Waals surface area (Å²) in [5.41, 5.74) is 30.0. The summed E-state index contributed by atoms with van der Waals surface area (Å²) < 4.78 is 23.5. The molecule has 30 rings (SSSR count). The molecule has 584 valence electrons. The molecule has 14 nitrogen and oxygen atoms in total. The highest BCUT2D eigenvalue weighted by molar-refractivity contribution is 7.26. The number of hydrogen-bond donors (Lipinski definition) is 0. The van der Waals surface area contributed by atoms with Gasteiger partial charge in [0.1, 0.15) is 11.2 Å². The zero-order valence-corrected chi connectivity index (χ0v) is 69.7. The molecular formula is C103H63B4N11O3S4. The summed E-state index contributed by atoms with van der Waals surface area (Å²) >= 11 is 7.33. The van der Waals surface area contributed by atoms with Crippen LogP contribution in [0, 0.1) is 0 Å². The van der Waals surface area contributed by atoms with Gasteiger partial charge in [-0.2, -0.15) is 0 Å². The van der Waals surface area contributed by atoms with Crippen LogP contribution in [0.25, 0.3) is 106 Å². The Morgan fingerprint density at radius 3 is 1.21 bits per heavy atom. The minimum absolute atomic E-state index is 0.0413. The molecule has 0 spiro atoms. The molecule has 0 atom stereocenters. The van der Waals surface area contributed by atoms with Gasteiger partial charge in [-0.15, -0.1) is 45.3 Å². The van der Waals surface area contributed by atoms with Gasteiger partial charge in [-0.25, -0.2) is 0 Å². The second kappa shape index (κ2) is 27.7. The van der Waals surface area contributed by atoms with Crippen molar-refractivity contribution in [2.45, 2.75) is 0 Å². The number of nitrogens with zero attached hydrogens (tertiary/aromatic N) is 11. The van der Waals surface area contributed by atoms with Crippen LogP contribution in [0.1, 0.15) is 0 Å². The maximum absolute atomic E-state index is 6.08. The highest BCUT2D eigenvalue weighted by atomic mass is 32.1. The molecule has 0 radical (unpaired) electrons. The molecule has 18 heterocycles. The molecule has 125 heavy (non-hydrogen) atoms. The van der Waals surface area contributed by atoms with E-state index in [1.165, 1.54) is 123 Å². The Hall–Kier alpha value is -15.1. The van der Waals surface area contributed by atoms with Crippen LogP contribution in [0.15, 0.2) is 395 Å². The molecular weight excluding hydrogens is 1610 g/mol. The van der Waals surface area contributed by atoms with Crippen molar-refractivity contribution in [3.8, 4) is 44.2 Å². The Morgan fingerprint density at radius 1 is 0.248 bits per heavy atom. The average Bonchev–Trinajstić information content (AvgIpc) is 1.57. The molecule has 0 bridgehead atoms. The number of rotatable bonds is 4. The number of thiophene rings is 4. The highest BCUT2D eigenvalue weighted by Gasteiger charge is 2.54. The molecule has 0 fully saturated rings. The largest absolute Gasteiger partial charge is 0.456 e. The van der Waals surface area contributed by atoms with Gasteiger partial charge >= 0.3 is 27.9 Å². The van der Waals surface area contributed by atoms with E-state index in [4.69, 9.17) is 28.2 Å². The number of para-hydroxylation sites is 10. The maximum Gasteiger partial charge on any atom is 0.425 e. The van der Waals surface area contributed by atoms with Crippen LogP contribution in [-0.4, -0.2) is 42.9 Å². The fourth-order valence-electron chi connectivity index (χ4n) is 20.5. The third-order valence-corrected chi connectivity index (χ3v) is 29.8. The first-order valence-electron chi connectivity index (χ1n) is 41.8. The van der Waals surface area contributed by atoms with E-state index in [2.05, 4.69) is 353 Å². The Morgan fingerprint density at radius 2 is 0.648 bits per heavy atom. The lowest BCUT2D eigenvalue weighted by Crippen LogP contribution is -2.55. The molecule has 8 aliphatic rings. The number of benzene rings is 12. The van der Waals surface area contributed by atoms with Gasteiger partial charge < -0.3 is 51.7 Å². The lowest BCUT2D eigenvalue weighted by atomic mass is 9.60. The van der Waals surface area contributed by atoms with Crippen LogP contribution in [0.4, 0.5) is 90.7 Å². The first kappa shape index (κ1) is 70.6. The standard InChI is InChI=1S/C27H16BN3O2.C27H16BN3OS.C27H16BN3S2.C22H15BN2S/c3*1-4-10-24-18(6-1)20-16-17(11-12-25(20)33-24)30-22-8-2-3-9-23(22)31-27-19(13-15-32-27)26-21(28(30)31)7-5-14-29-26;1-2-8-16(9-3-1)24-19-12-6-7-13-20(19)25-21-14-15-26-22(21)17-10-4-5-11-18(17)23(24)25/h3*1-16H;1-15H. The summed E-state index contributed by atoms with van der Waals surface area (Å²) in [4.78, 5) is 35.0. The topological polar surface area (TPSA) is 104 Å². The smallest absolute Gasteiger partial charge is 0.425 e. The van der Waals surface area contributed by atoms with Gasteiger partial charge in [-0.1, -0.05) is 164 Å². The zero-order chi connectivity index (χ0) is 81.6. The minimum Gasteiger partial charge on any atom is -0.456 e. The lowest BCUT2D eigenvalue weighted by Gasteiger charge is -2.34. The van der Waals surface area contributed by atoms with Crippen molar-refractivity contribution in [1.29, 1.82) is 0 Å². The van der Waals surface area contributed by atoms with E-state index in [9.17, 15) is 0 Å². The molecule has 22 aromatic rings. The molecule has 22 heteroatoms. The lowest BCUT2D eigenvalue weighted by molar-refractivity contribution is 0.577. The molecule has 0 aliphatic carbocycles. The van der Waals surface area contributed by atoms with Gasteiger partial charge in [0.2, 0.25) is 0 Å². The number of pyridine rings is 3. The number of hydrogen-bond acceptors (Lipinski definition) is 18. The van der Waals surface area contributed by atoms with E-state index >= 15 is 0 Å². The third kappa shape index (κ3) is 10.5. The fourth-order valence-corrected chi connectivity index (χ4v) is 24.6. The SMILES string of the molecule is c1ccc(N2B3c4ccccc4-c4sccc4N3c3ccccc32)cc1.c1cnc2c(c1)B1N(c3ccc4oc5ccccc5c4c3)c3ccccc3N1c1occc1-2.c1cnc2c(c1)B1N(c3ccc4sc5ccccc5c4c3)c3ccccc3N1c1occc1-2.c1cnc2c(c1)B1N(c3ccc4sc5ccccc5c4c3)c3ccccc3N1c1sccc1-2. The van der Waals surface area contributed by atoms with Crippen molar-refractivity contribution in [3.05, 3.63) is 382 Å². The molecule has 0 unspecified atom stereocenters. The van der Waals surface area contributed by atoms with E-state index in [-0.39, 0.29) is 27.9 Å². The summed E-state index contributed by atoms with van der Waals surface area (Å²) in [5, 5.41) is 13.1. The van der Waals surface area contributed by atoms with E-state index < -0.39 is 0 Å². The monoisotopic (exact) mass is 1670 g/mol. The van der Waals surface area contributed by atoms with Gasteiger partial charge in [0.25, 0.3) is 0 Å². The highest BCUT2D eigenvalue weighted by Crippen LogP contribution is 2.58. The Balaban J connectivity index is 0.0000000872. The molecule has 0 amide bonds. The van der Waals surface area contributed by atoms with Crippen LogP contribution >= 0.6 is 45.3 Å². The first-order valence-corrected chi connectivity index (χ1v) is 45.2. The van der Waals surface area contributed by atoms with Crippen LogP contribution in [-0.2, 0) is 0 Å². The van der Waals surface area contributed by atoms with Crippen molar-refractivity contribution in [2.24, 2.45) is 0 Å². The first-order chi connectivity index (χ1) is 62.1. The van der Waals surface area contributed by atoms with Gasteiger partial charge in [0.05, 0.1) is 96.1 Å². The molecule has 0 N–H and O–H groups in total.